The van der Waals surface area contributed by atoms with Crippen LogP contribution in [0.2, 0.25) is 0 Å². The van der Waals surface area contributed by atoms with Crippen molar-refractivity contribution in [1.82, 2.24) is 9.88 Å². The molecule has 30 heavy (non-hydrogen) atoms. The van der Waals surface area contributed by atoms with E-state index in [1.807, 2.05) is 72.5 Å². The van der Waals surface area contributed by atoms with E-state index in [-0.39, 0.29) is 5.91 Å². The molecule has 1 aliphatic rings. The molecular formula is C24H26N2O3S. The van der Waals surface area contributed by atoms with Gasteiger partial charge in [-0.2, -0.15) is 0 Å². The maximum atomic E-state index is 12.8. The third-order valence-electron chi connectivity index (χ3n) is 5.53. The first-order valence-electron chi connectivity index (χ1n) is 10.3. The van der Waals surface area contributed by atoms with Crippen molar-refractivity contribution in [3.63, 3.8) is 0 Å². The summed E-state index contributed by atoms with van der Waals surface area (Å²) >= 11 is 1.51. The maximum Gasteiger partial charge on any atom is 0.253 e. The molecule has 0 bridgehead atoms. The van der Waals surface area contributed by atoms with Crippen molar-refractivity contribution in [2.24, 2.45) is 0 Å². The number of para-hydroxylation sites is 1. The Morgan fingerprint density at radius 2 is 1.80 bits per heavy atom. The third kappa shape index (κ3) is 4.55. The molecule has 0 radical (unpaired) electrons. The largest absolute Gasteiger partial charge is 0.488 e. The van der Waals surface area contributed by atoms with Gasteiger partial charge in [-0.3, -0.25) is 4.79 Å². The van der Waals surface area contributed by atoms with Crippen molar-refractivity contribution in [1.29, 1.82) is 0 Å². The Morgan fingerprint density at radius 3 is 2.53 bits per heavy atom. The number of likely N-dealkylation sites (tertiary alicyclic amines) is 1. The molecule has 5 nitrogen and oxygen atoms in total. The van der Waals surface area contributed by atoms with Gasteiger partial charge in [-0.05, 0) is 44.0 Å². The van der Waals surface area contributed by atoms with Crippen molar-refractivity contribution in [2.75, 3.05) is 13.1 Å². The fourth-order valence-corrected chi connectivity index (χ4v) is 4.85. The van der Waals surface area contributed by atoms with E-state index >= 15 is 0 Å². The average molecular weight is 423 g/mol. The second-order valence-electron chi connectivity index (χ2n) is 7.67. The molecule has 3 aromatic rings. The number of benzene rings is 2. The molecule has 2 heterocycles. The zero-order valence-electron chi connectivity index (χ0n) is 17.1. The van der Waals surface area contributed by atoms with Crippen LogP contribution in [0.15, 0.2) is 60.7 Å². The van der Waals surface area contributed by atoms with Gasteiger partial charge in [0, 0.05) is 25.1 Å². The molecule has 6 heteroatoms. The second-order valence-corrected chi connectivity index (χ2v) is 8.76. The van der Waals surface area contributed by atoms with Crippen LogP contribution in [-0.2, 0) is 12.2 Å². The fourth-order valence-electron chi connectivity index (χ4n) is 3.73. The number of rotatable bonds is 5. The smallest absolute Gasteiger partial charge is 0.253 e. The lowest BCUT2D eigenvalue weighted by Gasteiger charge is -2.25. The SMILES string of the molecule is Cc1nc(C2(O)CCCN(C(=O)c3ccccc3)CC2)sc1COc1ccccc1. The lowest BCUT2D eigenvalue weighted by atomic mass is 9.96. The number of aliphatic hydroxyl groups is 1. The number of thiazole rings is 1. The molecule has 1 saturated heterocycles. The molecule has 0 spiro atoms. The van der Waals surface area contributed by atoms with Gasteiger partial charge in [-0.15, -0.1) is 11.3 Å². The van der Waals surface area contributed by atoms with Crippen molar-refractivity contribution in [2.45, 2.75) is 38.4 Å². The minimum atomic E-state index is -1.01. The van der Waals surface area contributed by atoms with Crippen LogP contribution in [0.25, 0.3) is 0 Å². The molecule has 1 atom stereocenters. The summed E-state index contributed by atoms with van der Waals surface area (Å²) < 4.78 is 5.86. The molecular weight excluding hydrogens is 396 g/mol. The number of carbonyl (C=O) groups is 1. The van der Waals surface area contributed by atoms with Gasteiger partial charge < -0.3 is 14.7 Å². The number of hydrogen-bond donors (Lipinski definition) is 1. The Hall–Kier alpha value is -2.70. The zero-order chi connectivity index (χ0) is 21.0. The standard InChI is InChI=1S/C24H26N2O3S/c1-18-21(17-29-20-11-6-3-7-12-20)30-23(25-18)24(28)13-8-15-26(16-14-24)22(27)19-9-4-2-5-10-19/h2-7,9-12,28H,8,13-17H2,1H3. The Kier molecular flexibility index (Phi) is 6.16. The maximum absolute atomic E-state index is 12.8. The van der Waals surface area contributed by atoms with Gasteiger partial charge in [0.25, 0.3) is 5.91 Å². The summed E-state index contributed by atoms with van der Waals surface area (Å²) in [6, 6.07) is 19.0. The van der Waals surface area contributed by atoms with Crippen LogP contribution in [0.3, 0.4) is 0 Å². The summed E-state index contributed by atoms with van der Waals surface area (Å²) in [4.78, 5) is 20.3. The number of aromatic nitrogens is 1. The summed E-state index contributed by atoms with van der Waals surface area (Å²) in [7, 11) is 0. The fraction of sp³-hybridized carbons (Fsp3) is 0.333. The number of amides is 1. The van der Waals surface area contributed by atoms with Gasteiger partial charge >= 0.3 is 0 Å². The first kappa shape index (κ1) is 20.6. The number of ether oxygens (including phenoxy) is 1. The Morgan fingerprint density at radius 1 is 1.10 bits per heavy atom. The van der Waals surface area contributed by atoms with Gasteiger partial charge in [0.2, 0.25) is 0 Å². The van der Waals surface area contributed by atoms with Crippen LogP contribution >= 0.6 is 11.3 Å². The molecule has 1 unspecified atom stereocenters. The number of nitrogens with zero attached hydrogens (tertiary/aromatic N) is 2. The summed E-state index contributed by atoms with van der Waals surface area (Å²) in [5, 5.41) is 12.1. The van der Waals surface area contributed by atoms with Crippen molar-refractivity contribution in [3.05, 3.63) is 81.8 Å². The molecule has 156 valence electrons. The third-order valence-corrected chi connectivity index (χ3v) is 6.85. The van der Waals surface area contributed by atoms with E-state index in [1.165, 1.54) is 11.3 Å². The van der Waals surface area contributed by atoms with Crippen molar-refractivity contribution < 1.29 is 14.6 Å². The highest BCUT2D eigenvalue weighted by Gasteiger charge is 2.36. The highest BCUT2D eigenvalue weighted by atomic mass is 32.1. The van der Waals surface area contributed by atoms with Crippen molar-refractivity contribution in [3.8, 4) is 5.75 Å². The van der Waals surface area contributed by atoms with Gasteiger partial charge in [0.05, 0.1) is 10.6 Å². The van der Waals surface area contributed by atoms with Gasteiger partial charge in [-0.1, -0.05) is 36.4 Å². The predicted octanol–water partition coefficient (Wildman–Crippen LogP) is 4.54. The van der Waals surface area contributed by atoms with E-state index in [4.69, 9.17) is 4.74 Å². The Balaban J connectivity index is 1.44. The molecule has 0 saturated carbocycles. The first-order valence-corrected chi connectivity index (χ1v) is 11.1. The van der Waals surface area contributed by atoms with Crippen LogP contribution in [0.5, 0.6) is 5.75 Å². The topological polar surface area (TPSA) is 62.7 Å². The van der Waals surface area contributed by atoms with Crippen LogP contribution in [-0.4, -0.2) is 34.0 Å². The van der Waals surface area contributed by atoms with Gasteiger partial charge in [0.1, 0.15) is 23.0 Å². The monoisotopic (exact) mass is 422 g/mol. The van der Waals surface area contributed by atoms with Crippen molar-refractivity contribution >= 4 is 17.2 Å². The second kappa shape index (κ2) is 8.98. The number of carbonyl (C=O) groups excluding carboxylic acids is 1. The molecule has 1 N–H and O–H groups in total. The lowest BCUT2D eigenvalue weighted by Crippen LogP contribution is -2.33. The lowest BCUT2D eigenvalue weighted by molar-refractivity contribution is 0.0209. The minimum Gasteiger partial charge on any atom is -0.488 e. The van der Waals surface area contributed by atoms with E-state index in [2.05, 4.69) is 4.98 Å². The summed E-state index contributed by atoms with van der Waals surface area (Å²) in [6.45, 7) is 3.54. The molecule has 2 aromatic carbocycles. The van der Waals surface area contributed by atoms with Crippen LogP contribution in [0.1, 0.15) is 45.2 Å². The summed E-state index contributed by atoms with van der Waals surface area (Å²) in [5.41, 5.74) is 0.570. The number of aryl methyl sites for hydroxylation is 1. The molecule has 1 aliphatic heterocycles. The van der Waals surface area contributed by atoms with Gasteiger partial charge in [-0.25, -0.2) is 4.98 Å². The van der Waals surface area contributed by atoms with Crippen LogP contribution < -0.4 is 4.74 Å². The molecule has 4 rings (SSSR count). The first-order chi connectivity index (χ1) is 14.5. The molecule has 1 amide bonds. The predicted molar refractivity (Wildman–Crippen MR) is 118 cm³/mol. The Labute approximate surface area is 181 Å². The minimum absolute atomic E-state index is 0.0205. The number of hydrogen-bond acceptors (Lipinski definition) is 5. The molecule has 1 aromatic heterocycles. The average Bonchev–Trinajstić information content (AvgIpc) is 3.04. The highest BCUT2D eigenvalue weighted by molar-refractivity contribution is 7.11. The van der Waals surface area contributed by atoms with E-state index in [9.17, 15) is 9.90 Å². The van der Waals surface area contributed by atoms with E-state index in [1.54, 1.807) is 0 Å². The van der Waals surface area contributed by atoms with Gasteiger partial charge in [0.15, 0.2) is 0 Å². The van der Waals surface area contributed by atoms with Crippen LogP contribution in [0.4, 0.5) is 0 Å². The summed E-state index contributed by atoms with van der Waals surface area (Å²) in [6.07, 6.45) is 1.82. The normalized spacial score (nSPS) is 19.3. The molecule has 0 aliphatic carbocycles. The van der Waals surface area contributed by atoms with E-state index < -0.39 is 5.60 Å². The molecule has 1 fully saturated rings. The summed E-state index contributed by atoms with van der Waals surface area (Å²) in [5.74, 6) is 0.835. The zero-order valence-corrected chi connectivity index (χ0v) is 17.9. The quantitative estimate of drug-likeness (QED) is 0.656. The van der Waals surface area contributed by atoms with E-state index in [0.717, 1.165) is 27.7 Å². The van der Waals surface area contributed by atoms with Crippen LogP contribution in [0, 0.1) is 6.92 Å². The highest BCUT2D eigenvalue weighted by Crippen LogP contribution is 2.37. The van der Waals surface area contributed by atoms with E-state index in [0.29, 0.717) is 38.1 Å². The Bertz CT molecular complexity index is 990.